The molecule has 2 rings (SSSR count). The number of carbonyl (C=O) groups is 1. The number of phenolic OH excluding ortho intramolecular Hbond substituents is 1. The lowest BCUT2D eigenvalue weighted by atomic mass is 9.94. The molecule has 4 heteroatoms. The van der Waals surface area contributed by atoms with Crippen molar-refractivity contribution in [3.8, 4) is 11.5 Å². The fraction of sp³-hybridized carbons (Fsp3) is 0.471. The monoisotopic (exact) mass is 290 g/mol. The van der Waals surface area contributed by atoms with Gasteiger partial charge in [-0.3, -0.25) is 0 Å². The number of benzene rings is 1. The van der Waals surface area contributed by atoms with E-state index in [4.69, 9.17) is 9.47 Å². The summed E-state index contributed by atoms with van der Waals surface area (Å²) in [7, 11) is 1.58. The number of carbonyl (C=O) groups excluding carboxylic acids is 1. The Labute approximate surface area is 125 Å². The summed E-state index contributed by atoms with van der Waals surface area (Å²) in [5.41, 5.74) is 3.76. The van der Waals surface area contributed by atoms with E-state index in [1.54, 1.807) is 7.11 Å². The SMILES string of the molecule is COc1c(C)c2c(c(O)c1C/C=C(\C)C(C)C)C(=O)OC2. The fourth-order valence-electron chi connectivity index (χ4n) is 2.53. The first-order chi connectivity index (χ1) is 9.88. The molecule has 0 unspecified atom stereocenters. The van der Waals surface area contributed by atoms with E-state index in [1.165, 1.54) is 5.57 Å². The van der Waals surface area contributed by atoms with Gasteiger partial charge in [-0.2, -0.15) is 0 Å². The Balaban J connectivity index is 2.55. The zero-order valence-electron chi connectivity index (χ0n) is 13.2. The molecule has 0 saturated heterocycles. The molecule has 0 atom stereocenters. The Morgan fingerprint density at radius 3 is 2.71 bits per heavy atom. The van der Waals surface area contributed by atoms with Gasteiger partial charge in [-0.15, -0.1) is 0 Å². The van der Waals surface area contributed by atoms with Gasteiger partial charge >= 0.3 is 5.97 Å². The number of hydrogen-bond donors (Lipinski definition) is 1. The smallest absolute Gasteiger partial charge is 0.342 e. The Hall–Kier alpha value is -1.97. The minimum absolute atomic E-state index is 0.0113. The Morgan fingerprint density at radius 1 is 1.48 bits per heavy atom. The van der Waals surface area contributed by atoms with Crippen molar-refractivity contribution < 1.29 is 19.4 Å². The summed E-state index contributed by atoms with van der Waals surface area (Å²) in [6, 6.07) is 0. The quantitative estimate of drug-likeness (QED) is 0.681. The van der Waals surface area contributed by atoms with E-state index in [0.29, 0.717) is 29.2 Å². The number of cyclic esters (lactones) is 1. The molecule has 4 nitrogen and oxygen atoms in total. The second-order valence-electron chi connectivity index (χ2n) is 5.72. The first-order valence-corrected chi connectivity index (χ1v) is 7.13. The summed E-state index contributed by atoms with van der Waals surface area (Å²) in [6.07, 6.45) is 2.59. The molecule has 1 heterocycles. The van der Waals surface area contributed by atoms with E-state index in [9.17, 15) is 9.90 Å². The van der Waals surface area contributed by atoms with Crippen molar-refractivity contribution in [3.63, 3.8) is 0 Å². The maximum absolute atomic E-state index is 11.8. The lowest BCUT2D eigenvalue weighted by Gasteiger charge is -2.16. The minimum Gasteiger partial charge on any atom is -0.507 e. The van der Waals surface area contributed by atoms with Crippen molar-refractivity contribution in [2.75, 3.05) is 7.11 Å². The van der Waals surface area contributed by atoms with Crippen LogP contribution in [0.4, 0.5) is 0 Å². The van der Waals surface area contributed by atoms with E-state index in [1.807, 2.05) is 6.92 Å². The maximum Gasteiger partial charge on any atom is 0.342 e. The number of esters is 1. The Bertz CT molecular complexity index is 612. The summed E-state index contributed by atoms with van der Waals surface area (Å²) < 4.78 is 10.5. The van der Waals surface area contributed by atoms with Gasteiger partial charge in [0, 0.05) is 11.1 Å². The van der Waals surface area contributed by atoms with Crippen LogP contribution in [0.1, 0.15) is 47.8 Å². The number of allylic oxidation sites excluding steroid dienone is 2. The highest BCUT2D eigenvalue weighted by molar-refractivity contribution is 5.98. The predicted molar refractivity (Wildman–Crippen MR) is 80.8 cm³/mol. The van der Waals surface area contributed by atoms with Gasteiger partial charge in [0.15, 0.2) is 0 Å². The Kier molecular flexibility index (Phi) is 4.26. The van der Waals surface area contributed by atoms with E-state index in [0.717, 1.165) is 11.1 Å². The van der Waals surface area contributed by atoms with Crippen molar-refractivity contribution in [1.29, 1.82) is 0 Å². The molecular formula is C17H22O4. The second-order valence-corrected chi connectivity index (χ2v) is 5.72. The third-order valence-corrected chi connectivity index (χ3v) is 4.19. The van der Waals surface area contributed by atoms with Gasteiger partial charge in [0.25, 0.3) is 0 Å². The molecule has 0 aromatic heterocycles. The van der Waals surface area contributed by atoms with Gasteiger partial charge < -0.3 is 14.6 Å². The lowest BCUT2D eigenvalue weighted by Crippen LogP contribution is -2.03. The number of ether oxygens (including phenoxy) is 2. The minimum atomic E-state index is -0.459. The van der Waals surface area contributed by atoms with Crippen LogP contribution in [0.25, 0.3) is 0 Å². The van der Waals surface area contributed by atoms with Crippen molar-refractivity contribution >= 4 is 5.97 Å². The van der Waals surface area contributed by atoms with Crippen LogP contribution in [0.3, 0.4) is 0 Å². The molecule has 114 valence electrons. The first kappa shape index (κ1) is 15.4. The molecule has 21 heavy (non-hydrogen) atoms. The van der Waals surface area contributed by atoms with Crippen LogP contribution >= 0.6 is 0 Å². The van der Waals surface area contributed by atoms with Crippen molar-refractivity contribution in [3.05, 3.63) is 33.9 Å². The van der Waals surface area contributed by atoms with Crippen molar-refractivity contribution in [1.82, 2.24) is 0 Å². The van der Waals surface area contributed by atoms with Crippen molar-refractivity contribution in [2.24, 2.45) is 5.92 Å². The number of hydrogen-bond acceptors (Lipinski definition) is 4. The van der Waals surface area contributed by atoms with Crippen LogP contribution in [0.15, 0.2) is 11.6 Å². The van der Waals surface area contributed by atoms with Gasteiger partial charge in [0.2, 0.25) is 0 Å². The Morgan fingerprint density at radius 2 is 2.14 bits per heavy atom. The zero-order valence-corrected chi connectivity index (χ0v) is 13.2. The van der Waals surface area contributed by atoms with Crippen LogP contribution < -0.4 is 4.74 Å². The highest BCUT2D eigenvalue weighted by Crippen LogP contribution is 2.42. The fourth-order valence-corrected chi connectivity index (χ4v) is 2.53. The summed E-state index contributed by atoms with van der Waals surface area (Å²) in [5.74, 6) is 0.609. The molecule has 0 fully saturated rings. The third-order valence-electron chi connectivity index (χ3n) is 4.19. The van der Waals surface area contributed by atoms with E-state index in [-0.39, 0.29) is 12.4 Å². The molecule has 1 aromatic rings. The third kappa shape index (κ3) is 2.62. The number of rotatable bonds is 4. The van der Waals surface area contributed by atoms with Gasteiger partial charge in [-0.05, 0) is 31.7 Å². The van der Waals surface area contributed by atoms with Crippen molar-refractivity contribution in [2.45, 2.75) is 40.7 Å². The highest BCUT2D eigenvalue weighted by Gasteiger charge is 2.31. The molecule has 0 bridgehead atoms. The molecule has 0 amide bonds. The molecule has 1 aromatic carbocycles. The second kappa shape index (κ2) is 5.80. The zero-order chi connectivity index (χ0) is 15.7. The summed E-state index contributed by atoms with van der Waals surface area (Å²) in [4.78, 5) is 11.8. The molecule has 1 aliphatic heterocycles. The van der Waals surface area contributed by atoms with Crippen LogP contribution in [0.5, 0.6) is 11.5 Å². The van der Waals surface area contributed by atoms with Crippen LogP contribution in [0, 0.1) is 12.8 Å². The number of fused-ring (bicyclic) bond motifs is 1. The number of methoxy groups -OCH3 is 1. The number of aromatic hydroxyl groups is 1. The van der Waals surface area contributed by atoms with E-state index in [2.05, 4.69) is 26.8 Å². The van der Waals surface area contributed by atoms with E-state index >= 15 is 0 Å². The van der Waals surface area contributed by atoms with Gasteiger partial charge in [-0.1, -0.05) is 25.5 Å². The maximum atomic E-state index is 11.8. The number of phenols is 1. The van der Waals surface area contributed by atoms with E-state index < -0.39 is 5.97 Å². The van der Waals surface area contributed by atoms with Crippen LogP contribution in [-0.4, -0.2) is 18.2 Å². The molecule has 1 aliphatic rings. The predicted octanol–water partition coefficient (Wildman–Crippen LogP) is 3.52. The average Bonchev–Trinajstić information content (AvgIpc) is 2.83. The molecular weight excluding hydrogens is 268 g/mol. The van der Waals surface area contributed by atoms with Gasteiger partial charge in [0.05, 0.1) is 7.11 Å². The first-order valence-electron chi connectivity index (χ1n) is 7.13. The summed E-state index contributed by atoms with van der Waals surface area (Å²) in [5, 5.41) is 10.5. The van der Waals surface area contributed by atoms with Gasteiger partial charge in [0.1, 0.15) is 23.7 Å². The normalized spacial score (nSPS) is 14.4. The summed E-state index contributed by atoms with van der Waals surface area (Å²) in [6.45, 7) is 8.39. The summed E-state index contributed by atoms with van der Waals surface area (Å²) >= 11 is 0. The lowest BCUT2D eigenvalue weighted by molar-refractivity contribution is 0.0533. The molecule has 1 N–H and O–H groups in total. The standard InChI is InChI=1S/C17H22O4/c1-9(2)10(3)6-7-12-15(18)14-13(8-21-17(14)19)11(4)16(12)20-5/h6,9,18H,7-8H2,1-5H3/b10-6+. The largest absolute Gasteiger partial charge is 0.507 e. The molecule has 0 radical (unpaired) electrons. The average molecular weight is 290 g/mol. The molecule has 0 spiro atoms. The molecule has 0 aliphatic carbocycles. The van der Waals surface area contributed by atoms with Crippen LogP contribution in [-0.2, 0) is 17.8 Å². The topological polar surface area (TPSA) is 55.8 Å². The van der Waals surface area contributed by atoms with Crippen LogP contribution in [0.2, 0.25) is 0 Å². The van der Waals surface area contributed by atoms with Gasteiger partial charge in [-0.25, -0.2) is 4.79 Å². The highest BCUT2D eigenvalue weighted by atomic mass is 16.5. The molecule has 0 saturated carbocycles.